The van der Waals surface area contributed by atoms with Gasteiger partial charge < -0.3 is 9.59 Å². The topological polar surface area (TPSA) is 109 Å². The normalized spacial score (nSPS) is 8.12. The van der Waals surface area contributed by atoms with Crippen LogP contribution in [0, 0.1) is 9.93 Å². The predicted molar refractivity (Wildman–Crippen MR) is 76.6 cm³/mol. The molecule has 2 N–H and O–H groups in total. The van der Waals surface area contributed by atoms with Crippen molar-refractivity contribution in [3.05, 3.63) is 9.93 Å². The Morgan fingerprint density at radius 3 is 0.882 bits per heavy atom. The highest BCUT2D eigenvalue weighted by atomic mass is 28.4. The molecule has 0 rings (SSSR count). The zero-order valence-corrected chi connectivity index (χ0v) is 12.0. The van der Waals surface area contributed by atoms with Gasteiger partial charge in [0.05, 0.1) is 0 Å². The maximum Gasteiger partial charge on any atom is 0.373 e. The number of carbonyl (C=O) groups excluding carboxylic acids is 2. The molecule has 0 aromatic heterocycles. The Labute approximate surface area is 107 Å². The fourth-order valence-electron chi connectivity index (χ4n) is 0.919. The quantitative estimate of drug-likeness (QED) is 0.725. The molecule has 0 aliphatic rings. The van der Waals surface area contributed by atoms with E-state index in [0.717, 1.165) is 0 Å². The average Bonchev–Trinajstić information content (AvgIpc) is 1.85. The summed E-state index contributed by atoms with van der Waals surface area (Å²) in [5.74, 6) is 0. The molecule has 8 heteroatoms. The molecule has 0 aromatic carbocycles. The molecule has 0 aromatic rings. The summed E-state index contributed by atoms with van der Waals surface area (Å²) < 4.78 is 5.90. The van der Waals surface area contributed by atoms with Gasteiger partial charge in [-0.2, -0.15) is 9.59 Å². The van der Waals surface area contributed by atoms with Gasteiger partial charge in [-0.25, -0.2) is 0 Å². The van der Waals surface area contributed by atoms with E-state index in [1.807, 2.05) is 0 Å². The van der Waals surface area contributed by atoms with Gasteiger partial charge in [0.15, 0.2) is 16.6 Å². The van der Waals surface area contributed by atoms with Crippen molar-refractivity contribution in [1.29, 1.82) is 0 Å². The Hall–Kier alpha value is -0.666. The summed E-state index contributed by atoms with van der Waals surface area (Å²) in [6.45, 7) is 13.4. The lowest BCUT2D eigenvalue weighted by atomic mass is 11.8. The first-order valence-corrected chi connectivity index (χ1v) is 10.8. The van der Waals surface area contributed by atoms with E-state index in [1.165, 1.54) is 0 Å². The maximum absolute atomic E-state index is 8.12. The smallest absolute Gasteiger partial charge is 0.373 e. The van der Waals surface area contributed by atoms with Gasteiger partial charge in [-0.1, -0.05) is 14.9 Å². The molecular weight excluding hydrogens is 260 g/mol. The summed E-state index contributed by atoms with van der Waals surface area (Å²) in [4.78, 5) is 30.2. The monoisotopic (exact) mass is 288 g/mol. The number of hydrogen-bond acceptors (Lipinski definition) is 5. The third-order valence-corrected chi connectivity index (χ3v) is 5.51. The minimum atomic E-state index is -1.23. The van der Waals surface area contributed by atoms with Gasteiger partial charge in [0.25, 0.3) is 0 Å². The first kappa shape index (κ1) is 36.0. The second kappa shape index (κ2) is 17.7. The van der Waals surface area contributed by atoms with E-state index in [-0.39, 0.29) is 26.5 Å². The van der Waals surface area contributed by atoms with Crippen LogP contribution in [0.4, 0.5) is 0 Å². The van der Waals surface area contributed by atoms with Crippen molar-refractivity contribution < 1.29 is 19.2 Å². The van der Waals surface area contributed by atoms with Crippen molar-refractivity contribution in [1.82, 2.24) is 0 Å². The molecule has 0 atom stereocenters. The van der Waals surface area contributed by atoms with Crippen LogP contribution in [0.15, 0.2) is 0 Å². The Morgan fingerprint density at radius 1 is 0.765 bits per heavy atom. The molecule has 0 heterocycles. The summed E-state index contributed by atoms with van der Waals surface area (Å²) >= 11 is 0. The van der Waals surface area contributed by atoms with Crippen molar-refractivity contribution in [2.75, 3.05) is 0 Å². The van der Waals surface area contributed by atoms with E-state index in [0.29, 0.717) is 0 Å². The third kappa shape index (κ3) is 95.8. The van der Waals surface area contributed by atoms with Crippen LogP contribution >= 0.6 is 0 Å². The molecule has 6 nitrogen and oxygen atoms in total. The molecule has 0 aliphatic carbocycles. The lowest BCUT2D eigenvalue weighted by Gasteiger charge is -2.27. The van der Waals surface area contributed by atoms with Crippen LogP contribution in [-0.4, -0.2) is 28.3 Å². The van der Waals surface area contributed by atoms with Gasteiger partial charge in [-0.15, -0.1) is 0 Å². The van der Waals surface area contributed by atoms with Gasteiger partial charge in [-0.3, -0.25) is 0 Å². The predicted octanol–water partition coefficient (Wildman–Crippen LogP) is 2.60. The van der Waals surface area contributed by atoms with Crippen molar-refractivity contribution >= 4 is 22.8 Å². The van der Waals surface area contributed by atoms with Gasteiger partial charge in [0.2, 0.25) is 0 Å². The van der Waals surface area contributed by atoms with Gasteiger partial charge >= 0.3 is 6.15 Å². The van der Waals surface area contributed by atoms with Gasteiger partial charge in [0.1, 0.15) is 0 Å². The molecule has 0 saturated carbocycles. The fraction of sp³-hybridized carbons (Fsp3) is 0.889. The van der Waals surface area contributed by atoms with E-state index >= 15 is 0 Å². The maximum atomic E-state index is 8.12. The second-order valence-corrected chi connectivity index (χ2v) is 13.7. The van der Waals surface area contributed by atoms with Crippen molar-refractivity contribution in [3.63, 3.8) is 0 Å². The first-order chi connectivity index (χ1) is 6.12. The molecule has 0 aliphatic heterocycles. The molecule has 0 bridgehead atoms. The second-order valence-electron chi connectivity index (χ2n) is 4.41. The summed E-state index contributed by atoms with van der Waals surface area (Å²) in [5.41, 5.74) is 0. The van der Waals surface area contributed by atoms with Gasteiger partial charge in [0, 0.05) is 9.93 Å². The molecule has 108 valence electrons. The zero-order valence-electron chi connectivity index (χ0n) is 10.0. The molecule has 0 amide bonds. The van der Waals surface area contributed by atoms with E-state index in [2.05, 4.69) is 39.3 Å². The van der Waals surface area contributed by atoms with Crippen LogP contribution < -0.4 is 0 Å². The summed E-state index contributed by atoms with van der Waals surface area (Å²) in [7, 11) is -2.46. The van der Waals surface area contributed by atoms with E-state index in [9.17, 15) is 0 Å². The largest absolute Gasteiger partial charge is 0.456 e. The zero-order chi connectivity index (χ0) is 12.4. The molecule has 0 radical (unpaired) electrons. The van der Waals surface area contributed by atoms with Crippen LogP contribution in [-0.2, 0) is 13.7 Å². The Balaban J connectivity index is -0.0000000333. The van der Waals surface area contributed by atoms with Crippen LogP contribution in [0.2, 0.25) is 39.3 Å². The van der Waals surface area contributed by atoms with Crippen molar-refractivity contribution in [2.24, 2.45) is 0 Å². The molecule has 0 saturated heterocycles. The standard InChI is InChI=1S/C6H18OSi2.CO2.2CH4.O2.H2O/c1-8(2,3)7-9(4,5)6;2-1-3;;;1-2;/h1-6H3;;2*1H4;;1H2. The number of rotatable bonds is 2. The lowest BCUT2D eigenvalue weighted by Crippen LogP contribution is -2.39. The number of hydrogen-bond donors (Lipinski definition) is 0. The van der Waals surface area contributed by atoms with E-state index < -0.39 is 16.6 Å². The Kier molecular flexibility index (Phi) is 37.5. The lowest BCUT2D eigenvalue weighted by molar-refractivity contribution is -0.191. The first-order valence-electron chi connectivity index (χ1n) is 3.98. The summed E-state index contributed by atoms with van der Waals surface area (Å²) in [6.07, 6.45) is 0.250. The molecular formula is C9H28O6Si2. The highest BCUT2D eigenvalue weighted by Crippen LogP contribution is 2.12. The molecule has 0 fully saturated rings. The Morgan fingerprint density at radius 2 is 0.882 bits per heavy atom. The fourth-order valence-corrected chi connectivity index (χ4v) is 8.27. The van der Waals surface area contributed by atoms with Gasteiger partial charge in [-0.05, 0) is 39.3 Å². The minimum absolute atomic E-state index is 0. The molecule has 0 spiro atoms. The van der Waals surface area contributed by atoms with Crippen molar-refractivity contribution in [3.8, 4) is 0 Å². The highest BCUT2D eigenvalue weighted by Gasteiger charge is 2.24. The molecule has 0 unspecified atom stereocenters. The highest BCUT2D eigenvalue weighted by molar-refractivity contribution is 6.83. The summed E-state index contributed by atoms with van der Waals surface area (Å²) in [5, 5.41) is 0. The van der Waals surface area contributed by atoms with E-state index in [4.69, 9.17) is 23.6 Å². The SMILES string of the molecule is C.C.C[Si](C)(C)O[Si](C)(C)C.O.O=C=O.O=O. The molecule has 17 heavy (non-hydrogen) atoms. The van der Waals surface area contributed by atoms with Crippen LogP contribution in [0.1, 0.15) is 14.9 Å². The average molecular weight is 288 g/mol. The van der Waals surface area contributed by atoms with Crippen LogP contribution in [0.3, 0.4) is 0 Å². The third-order valence-electron chi connectivity index (χ3n) is 0.612. The Bertz CT molecular complexity index is 155. The van der Waals surface area contributed by atoms with Crippen LogP contribution in [0.25, 0.3) is 0 Å². The summed E-state index contributed by atoms with van der Waals surface area (Å²) in [6, 6.07) is 0. The van der Waals surface area contributed by atoms with E-state index in [1.54, 1.807) is 0 Å². The van der Waals surface area contributed by atoms with Crippen LogP contribution in [0.5, 0.6) is 0 Å². The van der Waals surface area contributed by atoms with Crippen molar-refractivity contribution in [2.45, 2.75) is 54.1 Å². The minimum Gasteiger partial charge on any atom is -0.456 e.